The first-order valence-corrected chi connectivity index (χ1v) is 5.62. The number of amides is 3. The summed E-state index contributed by atoms with van der Waals surface area (Å²) in [4.78, 5) is 27.0. The lowest BCUT2D eigenvalue weighted by atomic mass is 10.1. The maximum Gasteiger partial charge on any atom is 0.328 e. The highest BCUT2D eigenvalue weighted by molar-refractivity contribution is 6.02. The molecule has 1 atom stereocenters. The third kappa shape index (κ3) is 1.80. The number of carbonyl (C=O) groups is 2. The molecule has 16 heavy (non-hydrogen) atoms. The summed E-state index contributed by atoms with van der Waals surface area (Å²) < 4.78 is 5.22. The van der Waals surface area contributed by atoms with Crippen molar-refractivity contribution in [2.24, 2.45) is 0 Å². The topological polar surface area (TPSA) is 49.9 Å². The van der Waals surface area contributed by atoms with E-state index >= 15 is 0 Å². The van der Waals surface area contributed by atoms with Crippen LogP contribution in [0.3, 0.4) is 0 Å². The van der Waals surface area contributed by atoms with Crippen molar-refractivity contribution in [2.45, 2.75) is 38.8 Å². The van der Waals surface area contributed by atoms with Crippen LogP contribution in [-0.4, -0.2) is 53.1 Å². The van der Waals surface area contributed by atoms with E-state index in [1.807, 2.05) is 20.8 Å². The fourth-order valence-electron chi connectivity index (χ4n) is 2.13. The number of hydrogen-bond donors (Lipinski definition) is 0. The number of hydrogen-bond acceptors (Lipinski definition) is 3. The molecule has 0 aromatic carbocycles. The van der Waals surface area contributed by atoms with Crippen molar-refractivity contribution in [3.63, 3.8) is 0 Å². The van der Waals surface area contributed by atoms with Crippen LogP contribution < -0.4 is 0 Å². The SMILES string of the molecule is CC(C)(C)N1CC(=O)N(C2CCOC2)C1=O. The molecule has 90 valence electrons. The smallest absolute Gasteiger partial charge is 0.328 e. The molecular formula is C11H18N2O3. The normalized spacial score (nSPS) is 27.1. The molecule has 0 aromatic rings. The van der Waals surface area contributed by atoms with Crippen LogP contribution in [0.2, 0.25) is 0 Å². The molecule has 5 nitrogen and oxygen atoms in total. The van der Waals surface area contributed by atoms with Gasteiger partial charge in [-0.2, -0.15) is 0 Å². The van der Waals surface area contributed by atoms with Crippen LogP contribution in [0.15, 0.2) is 0 Å². The van der Waals surface area contributed by atoms with Gasteiger partial charge in [-0.1, -0.05) is 0 Å². The zero-order valence-corrected chi connectivity index (χ0v) is 10.0. The first-order valence-electron chi connectivity index (χ1n) is 5.62. The molecule has 0 saturated carbocycles. The molecule has 5 heteroatoms. The van der Waals surface area contributed by atoms with Gasteiger partial charge in [0.15, 0.2) is 0 Å². The molecule has 1 unspecified atom stereocenters. The van der Waals surface area contributed by atoms with Crippen molar-refractivity contribution in [1.82, 2.24) is 9.80 Å². The lowest BCUT2D eigenvalue weighted by Crippen LogP contribution is -2.46. The lowest BCUT2D eigenvalue weighted by Gasteiger charge is -2.31. The summed E-state index contributed by atoms with van der Waals surface area (Å²) in [5.74, 6) is -0.101. The van der Waals surface area contributed by atoms with E-state index in [-0.39, 0.29) is 30.1 Å². The largest absolute Gasteiger partial charge is 0.379 e. The number of nitrogens with zero attached hydrogens (tertiary/aromatic N) is 2. The van der Waals surface area contributed by atoms with Crippen LogP contribution in [0.5, 0.6) is 0 Å². The van der Waals surface area contributed by atoms with Crippen molar-refractivity contribution in [3.05, 3.63) is 0 Å². The quantitative estimate of drug-likeness (QED) is 0.622. The highest BCUT2D eigenvalue weighted by Crippen LogP contribution is 2.25. The summed E-state index contributed by atoms with van der Waals surface area (Å²) in [6.07, 6.45) is 0.759. The van der Waals surface area contributed by atoms with E-state index < -0.39 is 0 Å². The van der Waals surface area contributed by atoms with E-state index in [4.69, 9.17) is 4.74 Å². The highest BCUT2D eigenvalue weighted by atomic mass is 16.5. The Balaban J connectivity index is 2.16. The Kier molecular flexibility index (Phi) is 2.66. The zero-order chi connectivity index (χ0) is 11.9. The lowest BCUT2D eigenvalue weighted by molar-refractivity contribution is -0.127. The monoisotopic (exact) mass is 226 g/mol. The van der Waals surface area contributed by atoms with Gasteiger partial charge in [0.25, 0.3) is 5.91 Å². The van der Waals surface area contributed by atoms with Crippen LogP contribution in [0, 0.1) is 0 Å². The standard InChI is InChI=1S/C11H18N2O3/c1-11(2,3)12-6-9(14)13(10(12)15)8-4-5-16-7-8/h8H,4-7H2,1-3H3. The van der Waals surface area contributed by atoms with Gasteiger partial charge in [0.2, 0.25) is 0 Å². The summed E-state index contributed by atoms with van der Waals surface area (Å²) in [7, 11) is 0. The molecule has 2 aliphatic heterocycles. The van der Waals surface area contributed by atoms with E-state index in [2.05, 4.69) is 0 Å². The molecule has 3 amide bonds. The molecule has 2 heterocycles. The highest BCUT2D eigenvalue weighted by Gasteiger charge is 2.45. The van der Waals surface area contributed by atoms with Gasteiger partial charge >= 0.3 is 6.03 Å². The first-order chi connectivity index (χ1) is 7.41. The Morgan fingerprint density at radius 1 is 1.31 bits per heavy atom. The fraction of sp³-hybridized carbons (Fsp3) is 0.818. The Hall–Kier alpha value is -1.10. The van der Waals surface area contributed by atoms with Crippen molar-refractivity contribution in [3.8, 4) is 0 Å². The number of imide groups is 1. The van der Waals surface area contributed by atoms with Crippen LogP contribution in [0.1, 0.15) is 27.2 Å². The minimum absolute atomic E-state index is 0.0626. The van der Waals surface area contributed by atoms with Crippen LogP contribution in [0.4, 0.5) is 4.79 Å². The second-order valence-corrected chi connectivity index (χ2v) is 5.32. The van der Waals surface area contributed by atoms with E-state index in [1.165, 1.54) is 4.90 Å². The summed E-state index contributed by atoms with van der Waals surface area (Å²) >= 11 is 0. The molecule has 0 spiro atoms. The molecule has 0 radical (unpaired) electrons. The van der Waals surface area contributed by atoms with Gasteiger partial charge in [-0.3, -0.25) is 9.69 Å². The molecule has 2 rings (SSSR count). The van der Waals surface area contributed by atoms with E-state index in [1.54, 1.807) is 4.90 Å². The average Bonchev–Trinajstić information content (AvgIpc) is 2.72. The molecule has 0 aliphatic carbocycles. The molecule has 0 N–H and O–H groups in total. The maximum absolute atomic E-state index is 12.1. The number of rotatable bonds is 1. The summed E-state index contributed by atoms with van der Waals surface area (Å²) in [6.45, 7) is 7.12. The van der Waals surface area contributed by atoms with Gasteiger partial charge < -0.3 is 9.64 Å². The minimum atomic E-state index is -0.305. The van der Waals surface area contributed by atoms with Crippen LogP contribution in [0.25, 0.3) is 0 Å². The average molecular weight is 226 g/mol. The van der Waals surface area contributed by atoms with Gasteiger partial charge in [0.05, 0.1) is 12.6 Å². The van der Waals surface area contributed by atoms with Crippen molar-refractivity contribution >= 4 is 11.9 Å². The van der Waals surface area contributed by atoms with Crippen LogP contribution >= 0.6 is 0 Å². The Morgan fingerprint density at radius 2 is 2.00 bits per heavy atom. The Bertz CT molecular complexity index is 316. The molecule has 2 saturated heterocycles. The maximum atomic E-state index is 12.1. The number of ether oxygens (including phenoxy) is 1. The summed E-state index contributed by atoms with van der Waals surface area (Å²) in [6, 6.07) is -0.236. The van der Waals surface area contributed by atoms with Crippen molar-refractivity contribution in [2.75, 3.05) is 19.8 Å². The fourth-order valence-corrected chi connectivity index (χ4v) is 2.13. The minimum Gasteiger partial charge on any atom is -0.379 e. The van der Waals surface area contributed by atoms with E-state index in [9.17, 15) is 9.59 Å². The Labute approximate surface area is 95.3 Å². The van der Waals surface area contributed by atoms with Gasteiger partial charge in [-0.15, -0.1) is 0 Å². The third-order valence-electron chi connectivity index (χ3n) is 3.08. The number of carbonyl (C=O) groups excluding carboxylic acids is 2. The third-order valence-corrected chi connectivity index (χ3v) is 3.08. The molecular weight excluding hydrogens is 208 g/mol. The van der Waals surface area contributed by atoms with Gasteiger partial charge in [-0.05, 0) is 27.2 Å². The summed E-state index contributed by atoms with van der Waals surface area (Å²) in [5, 5.41) is 0. The van der Waals surface area contributed by atoms with E-state index in [0.717, 1.165) is 6.42 Å². The second kappa shape index (κ2) is 3.73. The van der Waals surface area contributed by atoms with Gasteiger partial charge in [-0.25, -0.2) is 4.79 Å². The van der Waals surface area contributed by atoms with Gasteiger partial charge in [0, 0.05) is 12.1 Å². The van der Waals surface area contributed by atoms with Gasteiger partial charge in [0.1, 0.15) is 6.54 Å². The first kappa shape index (κ1) is 11.4. The molecule has 0 bridgehead atoms. The molecule has 2 aliphatic rings. The zero-order valence-electron chi connectivity index (χ0n) is 10.0. The number of urea groups is 1. The predicted molar refractivity (Wildman–Crippen MR) is 57.9 cm³/mol. The second-order valence-electron chi connectivity index (χ2n) is 5.32. The van der Waals surface area contributed by atoms with Crippen molar-refractivity contribution in [1.29, 1.82) is 0 Å². The molecule has 2 fully saturated rings. The van der Waals surface area contributed by atoms with Crippen molar-refractivity contribution < 1.29 is 14.3 Å². The van der Waals surface area contributed by atoms with E-state index in [0.29, 0.717) is 13.2 Å². The molecule has 0 aromatic heterocycles. The predicted octanol–water partition coefficient (Wildman–Crippen LogP) is 0.838. The van der Waals surface area contributed by atoms with Crippen LogP contribution in [-0.2, 0) is 9.53 Å². The summed E-state index contributed by atoms with van der Waals surface area (Å²) in [5.41, 5.74) is -0.305. The Morgan fingerprint density at radius 3 is 2.44 bits per heavy atom.